The van der Waals surface area contributed by atoms with Crippen LogP contribution in [-0.4, -0.2) is 5.97 Å². The van der Waals surface area contributed by atoms with E-state index in [9.17, 15) is 4.79 Å². The quantitative estimate of drug-likeness (QED) is 0.538. The lowest BCUT2D eigenvalue weighted by molar-refractivity contribution is -0.130. The van der Waals surface area contributed by atoms with Crippen LogP contribution in [0.5, 0.6) is 0 Å². The van der Waals surface area contributed by atoms with Crippen LogP contribution in [0.1, 0.15) is 6.92 Å². The highest BCUT2D eigenvalue weighted by Crippen LogP contribution is 2.53. The van der Waals surface area contributed by atoms with Gasteiger partial charge in [-0.3, -0.25) is 4.79 Å². The highest BCUT2D eigenvalue weighted by atomic mass is 32.4. The minimum absolute atomic E-state index is 0.226. The molecule has 0 saturated carbocycles. The zero-order valence-electron chi connectivity index (χ0n) is 3.92. The first-order chi connectivity index (χ1) is 3.13. The van der Waals surface area contributed by atoms with Gasteiger partial charge in [0.05, 0.1) is 0 Å². The van der Waals surface area contributed by atoms with Crippen molar-refractivity contribution in [3.05, 3.63) is 0 Å². The minimum Gasteiger partial charge on any atom is -0.437 e. The van der Waals surface area contributed by atoms with Crippen molar-refractivity contribution in [2.75, 3.05) is 0 Å². The van der Waals surface area contributed by atoms with Gasteiger partial charge in [-0.25, -0.2) is 0 Å². The van der Waals surface area contributed by atoms with Gasteiger partial charge < -0.3 is 4.52 Å². The molecular weight excluding hydrogens is 149 g/mol. The molecule has 0 aromatic heterocycles. The smallest absolute Gasteiger partial charge is 0.305 e. The molecule has 0 fully saturated rings. The van der Waals surface area contributed by atoms with Crippen molar-refractivity contribution in [1.29, 1.82) is 0 Å². The average Bonchev–Trinajstić information content (AvgIpc) is 1.27. The van der Waals surface area contributed by atoms with Crippen molar-refractivity contribution in [3.8, 4) is 0 Å². The van der Waals surface area contributed by atoms with Gasteiger partial charge in [0.2, 0.25) is 0 Å². The summed E-state index contributed by atoms with van der Waals surface area (Å²) in [5.74, 6) is -0.226. The molecule has 0 heterocycles. The molecule has 0 aliphatic rings. The largest absolute Gasteiger partial charge is 0.437 e. The molecule has 0 N–H and O–H groups in total. The van der Waals surface area contributed by atoms with Gasteiger partial charge in [-0.1, -0.05) is 17.9 Å². The number of hydrogen-bond acceptors (Lipinski definition) is 2. The normalized spacial score (nSPS) is 9.14. The van der Waals surface area contributed by atoms with Crippen LogP contribution in [0.4, 0.5) is 0 Å². The van der Waals surface area contributed by atoms with Crippen LogP contribution < -0.4 is 0 Å². The van der Waals surface area contributed by atoms with Crippen molar-refractivity contribution in [1.82, 2.24) is 0 Å². The molecule has 2 unspecified atom stereocenters. The van der Waals surface area contributed by atoms with E-state index in [0.717, 1.165) is 0 Å². The molecule has 0 aliphatic heterocycles. The minimum atomic E-state index is -0.656. The number of carbonyl (C=O) groups excluding carboxylic acids is 1. The Morgan fingerprint density at radius 2 is 2.14 bits per heavy atom. The molecular formula is C2H7O2P3. The zero-order chi connectivity index (χ0) is 5.86. The van der Waals surface area contributed by atoms with Gasteiger partial charge in [0.1, 0.15) is 7.53 Å². The lowest BCUT2D eigenvalue weighted by atomic mass is 10.9. The van der Waals surface area contributed by atoms with Crippen molar-refractivity contribution in [3.63, 3.8) is 0 Å². The second-order valence-corrected chi connectivity index (χ2v) is 6.69. The summed E-state index contributed by atoms with van der Waals surface area (Å²) in [5, 5.41) is 0. The maximum atomic E-state index is 10.0. The fourth-order valence-corrected chi connectivity index (χ4v) is 1.34. The predicted octanol–water partition coefficient (Wildman–Crippen LogP) is 1.53. The van der Waals surface area contributed by atoms with Gasteiger partial charge in [0.15, 0.2) is 0 Å². The zero-order valence-corrected chi connectivity index (χ0v) is 7.12. The van der Waals surface area contributed by atoms with Crippen LogP contribution in [0.15, 0.2) is 0 Å². The van der Waals surface area contributed by atoms with E-state index in [1.165, 1.54) is 6.92 Å². The predicted molar refractivity (Wildman–Crippen MR) is 38.1 cm³/mol. The standard InChI is InChI=1S/C2H7O2P3/c1-2(3)4-7(5)6/h5-6H2,1H3. The Balaban J connectivity index is 3.13. The first kappa shape index (κ1) is 7.76. The van der Waals surface area contributed by atoms with E-state index in [1.54, 1.807) is 0 Å². The molecule has 0 spiro atoms. The van der Waals surface area contributed by atoms with Crippen LogP contribution in [0.3, 0.4) is 0 Å². The Bertz CT molecular complexity index is 71.3. The van der Waals surface area contributed by atoms with Gasteiger partial charge in [-0.05, 0) is 0 Å². The summed E-state index contributed by atoms with van der Waals surface area (Å²) in [5.41, 5.74) is 0. The molecule has 0 amide bonds. The second-order valence-electron chi connectivity index (χ2n) is 0.943. The van der Waals surface area contributed by atoms with E-state index in [1.807, 2.05) is 0 Å². The Labute approximate surface area is 48.4 Å². The SMILES string of the molecule is CC(=O)OP(P)P. The van der Waals surface area contributed by atoms with Crippen LogP contribution in [-0.2, 0) is 9.32 Å². The van der Waals surface area contributed by atoms with Crippen LogP contribution in [0.25, 0.3) is 0 Å². The lowest BCUT2D eigenvalue weighted by Gasteiger charge is -2.00. The summed E-state index contributed by atoms with van der Waals surface area (Å²) in [6.07, 6.45) is 0. The van der Waals surface area contributed by atoms with Gasteiger partial charge in [0, 0.05) is 6.92 Å². The summed E-state index contributed by atoms with van der Waals surface area (Å²) in [6, 6.07) is 0. The van der Waals surface area contributed by atoms with Crippen molar-refractivity contribution < 1.29 is 9.32 Å². The molecule has 0 aliphatic carbocycles. The summed E-state index contributed by atoms with van der Waals surface area (Å²) in [4.78, 5) is 10.0. The summed E-state index contributed by atoms with van der Waals surface area (Å²) >= 11 is 0. The molecule has 2 atom stereocenters. The molecule has 0 rings (SSSR count). The number of hydrogen-bond donors (Lipinski definition) is 0. The molecule has 5 heteroatoms. The van der Waals surface area contributed by atoms with E-state index in [-0.39, 0.29) is 5.97 Å². The van der Waals surface area contributed by atoms with E-state index in [4.69, 9.17) is 0 Å². The summed E-state index contributed by atoms with van der Waals surface area (Å²) in [7, 11) is 4.12. The molecule has 0 aromatic rings. The summed E-state index contributed by atoms with van der Waals surface area (Å²) in [6.45, 7) is 1.39. The fourth-order valence-electron chi connectivity index (χ4n) is 0.148. The Hall–Kier alpha value is 0.760. The molecule has 0 bridgehead atoms. The highest BCUT2D eigenvalue weighted by molar-refractivity contribution is 8.41. The Morgan fingerprint density at radius 3 is 2.14 bits per heavy atom. The van der Waals surface area contributed by atoms with Crippen molar-refractivity contribution in [2.45, 2.75) is 6.92 Å². The lowest BCUT2D eigenvalue weighted by Crippen LogP contribution is -1.85. The van der Waals surface area contributed by atoms with Crippen LogP contribution in [0.2, 0.25) is 0 Å². The Kier molecular flexibility index (Phi) is 4.13. The van der Waals surface area contributed by atoms with Gasteiger partial charge in [-0.2, -0.15) is 0 Å². The third-order valence-corrected chi connectivity index (χ3v) is 1.33. The average molecular weight is 156 g/mol. The van der Waals surface area contributed by atoms with Crippen molar-refractivity contribution >= 4 is 31.4 Å². The Morgan fingerprint density at radius 1 is 1.71 bits per heavy atom. The third-order valence-electron chi connectivity index (χ3n) is 0.234. The number of carbonyl (C=O) groups is 1. The second kappa shape index (κ2) is 3.72. The topological polar surface area (TPSA) is 26.3 Å². The first-order valence-electron chi connectivity index (χ1n) is 1.61. The maximum absolute atomic E-state index is 10.0. The van der Waals surface area contributed by atoms with E-state index in [2.05, 4.69) is 22.4 Å². The molecule has 2 nitrogen and oxygen atoms in total. The van der Waals surface area contributed by atoms with Crippen molar-refractivity contribution in [2.24, 2.45) is 0 Å². The molecule has 7 heavy (non-hydrogen) atoms. The molecule has 0 radical (unpaired) electrons. The molecule has 42 valence electrons. The monoisotopic (exact) mass is 156 g/mol. The maximum Gasteiger partial charge on any atom is 0.305 e. The third kappa shape index (κ3) is 6.76. The van der Waals surface area contributed by atoms with Gasteiger partial charge in [-0.15, -0.1) is 0 Å². The summed E-state index contributed by atoms with van der Waals surface area (Å²) < 4.78 is 4.60. The van der Waals surface area contributed by atoms with Crippen LogP contribution in [0, 0.1) is 0 Å². The first-order valence-corrected chi connectivity index (χ1v) is 6.10. The molecule has 0 saturated heterocycles. The highest BCUT2D eigenvalue weighted by Gasteiger charge is 1.94. The fraction of sp³-hybridized carbons (Fsp3) is 0.500. The number of rotatable bonds is 1. The van der Waals surface area contributed by atoms with E-state index in [0.29, 0.717) is 0 Å². The van der Waals surface area contributed by atoms with E-state index < -0.39 is 7.53 Å². The van der Waals surface area contributed by atoms with E-state index >= 15 is 0 Å². The van der Waals surface area contributed by atoms with Crippen LogP contribution >= 0.6 is 25.4 Å². The molecule has 0 aromatic carbocycles. The van der Waals surface area contributed by atoms with Gasteiger partial charge >= 0.3 is 5.97 Å². The van der Waals surface area contributed by atoms with Gasteiger partial charge in [0.25, 0.3) is 0 Å².